The van der Waals surface area contributed by atoms with Crippen LogP contribution in [-0.2, 0) is 34.1 Å². The molecule has 0 saturated heterocycles. The summed E-state index contributed by atoms with van der Waals surface area (Å²) in [6.07, 6.45) is 4.92. The van der Waals surface area contributed by atoms with Gasteiger partial charge in [0.15, 0.2) is 0 Å². The Morgan fingerprint density at radius 1 is 1.00 bits per heavy atom. The van der Waals surface area contributed by atoms with Crippen LogP contribution in [0.1, 0.15) is 46.0 Å². The number of rotatable bonds is 7. The molecule has 4 aromatic rings. The highest BCUT2D eigenvalue weighted by molar-refractivity contribution is 7.92. The Balaban J connectivity index is 1.59. The summed E-state index contributed by atoms with van der Waals surface area (Å²) in [6, 6.07) is 19.9. The summed E-state index contributed by atoms with van der Waals surface area (Å²) in [5.74, 6) is -0.0906. The first-order chi connectivity index (χ1) is 17.4. The summed E-state index contributed by atoms with van der Waals surface area (Å²) in [4.78, 5) is 16.8. The Hall–Kier alpha value is -3.71. The van der Waals surface area contributed by atoms with Gasteiger partial charge in [-0.3, -0.25) is 0 Å². The number of benzene rings is 3. The second kappa shape index (κ2) is 9.74. The normalized spacial score (nSPS) is 12.9. The van der Waals surface area contributed by atoms with Gasteiger partial charge >= 0.3 is 5.97 Å². The van der Waals surface area contributed by atoms with Crippen LogP contribution in [0.4, 0.5) is 5.82 Å². The van der Waals surface area contributed by atoms with Gasteiger partial charge in [-0.05, 0) is 79.5 Å². The second-order valence-corrected chi connectivity index (χ2v) is 10.9. The van der Waals surface area contributed by atoms with Crippen molar-refractivity contribution in [2.24, 2.45) is 0 Å². The molecule has 0 unspecified atom stereocenters. The number of esters is 1. The van der Waals surface area contributed by atoms with E-state index in [0.717, 1.165) is 41.2 Å². The molecule has 0 atom stereocenters. The fourth-order valence-corrected chi connectivity index (χ4v) is 6.28. The van der Waals surface area contributed by atoms with Gasteiger partial charge < -0.3 is 4.74 Å². The van der Waals surface area contributed by atoms with Gasteiger partial charge in [-0.1, -0.05) is 42.5 Å². The van der Waals surface area contributed by atoms with Crippen molar-refractivity contribution in [3.63, 3.8) is 0 Å². The molecule has 1 aliphatic carbocycles. The number of anilines is 1. The first-order valence-corrected chi connectivity index (χ1v) is 13.6. The van der Waals surface area contributed by atoms with Crippen molar-refractivity contribution in [1.29, 1.82) is 0 Å². The minimum atomic E-state index is -3.99. The van der Waals surface area contributed by atoms with Gasteiger partial charge in [0.1, 0.15) is 5.82 Å². The third-order valence-electron chi connectivity index (χ3n) is 6.70. The number of hydrogen-bond donors (Lipinski definition) is 0. The van der Waals surface area contributed by atoms with Crippen molar-refractivity contribution in [2.75, 3.05) is 10.9 Å². The van der Waals surface area contributed by atoms with Gasteiger partial charge in [-0.25, -0.2) is 22.5 Å². The van der Waals surface area contributed by atoms with Crippen molar-refractivity contribution >= 4 is 32.6 Å². The summed E-state index contributed by atoms with van der Waals surface area (Å²) >= 11 is 0. The summed E-state index contributed by atoms with van der Waals surface area (Å²) in [5, 5.41) is 1.90. The Labute approximate surface area is 211 Å². The zero-order valence-corrected chi connectivity index (χ0v) is 21.2. The number of ether oxygens (including phenoxy) is 1. The molecule has 0 saturated carbocycles. The number of sulfonamides is 1. The molecule has 36 heavy (non-hydrogen) atoms. The van der Waals surface area contributed by atoms with E-state index in [4.69, 9.17) is 4.74 Å². The largest absolute Gasteiger partial charge is 0.462 e. The maximum atomic E-state index is 14.0. The summed E-state index contributed by atoms with van der Waals surface area (Å²) < 4.78 is 34.5. The fourth-order valence-electron chi connectivity index (χ4n) is 4.82. The monoisotopic (exact) mass is 500 g/mol. The van der Waals surface area contributed by atoms with Crippen molar-refractivity contribution in [1.82, 2.24) is 4.98 Å². The molecule has 0 amide bonds. The minimum Gasteiger partial charge on any atom is -0.462 e. The zero-order valence-electron chi connectivity index (χ0n) is 20.4. The van der Waals surface area contributed by atoms with Crippen LogP contribution in [0.3, 0.4) is 0 Å². The highest BCUT2D eigenvalue weighted by atomic mass is 32.2. The van der Waals surface area contributed by atoms with E-state index in [1.54, 1.807) is 13.1 Å². The van der Waals surface area contributed by atoms with Crippen molar-refractivity contribution in [3.05, 3.63) is 101 Å². The van der Waals surface area contributed by atoms with Gasteiger partial charge in [0.05, 0.1) is 23.6 Å². The van der Waals surface area contributed by atoms with Gasteiger partial charge in [-0.15, -0.1) is 0 Å². The first-order valence-electron chi connectivity index (χ1n) is 12.1. The molecule has 0 radical (unpaired) electrons. The van der Waals surface area contributed by atoms with E-state index in [1.807, 2.05) is 37.3 Å². The zero-order chi connectivity index (χ0) is 25.3. The van der Waals surface area contributed by atoms with Crippen LogP contribution in [0.25, 0.3) is 10.8 Å². The number of pyridine rings is 1. The molecule has 3 aromatic carbocycles. The quantitative estimate of drug-likeness (QED) is 0.309. The number of nitrogens with zero attached hydrogens (tertiary/aromatic N) is 2. The lowest BCUT2D eigenvalue weighted by molar-refractivity contribution is 0.0526. The molecule has 0 aliphatic heterocycles. The van der Waals surface area contributed by atoms with Crippen molar-refractivity contribution < 1.29 is 17.9 Å². The molecule has 0 fully saturated rings. The Morgan fingerprint density at radius 2 is 1.75 bits per heavy atom. The third kappa shape index (κ3) is 4.46. The molecular formula is C29H28N2O4S. The van der Waals surface area contributed by atoms with Crippen LogP contribution in [0.2, 0.25) is 0 Å². The molecular weight excluding hydrogens is 472 g/mol. The topological polar surface area (TPSA) is 76.6 Å². The molecule has 0 spiro atoms. The summed E-state index contributed by atoms with van der Waals surface area (Å²) in [5.41, 5.74) is 4.63. The molecule has 184 valence electrons. The number of carbonyl (C=O) groups is 1. The van der Waals surface area contributed by atoms with Crippen LogP contribution in [0, 0.1) is 6.92 Å². The Bertz CT molecular complexity index is 1550. The lowest BCUT2D eigenvalue weighted by Gasteiger charge is -2.26. The lowest BCUT2D eigenvalue weighted by atomic mass is 10.1. The minimum absolute atomic E-state index is 0.0890. The van der Waals surface area contributed by atoms with E-state index in [9.17, 15) is 13.2 Å². The third-order valence-corrected chi connectivity index (χ3v) is 8.46. The predicted octanol–water partition coefficient (Wildman–Crippen LogP) is 5.60. The first kappa shape index (κ1) is 24.0. The standard InChI is InChI=1S/C29H28N2O4S/c1-3-35-29(32)23-13-15-26(16-14-23)36(33,34)31(19-21-11-12-22-8-6-9-24(22)17-21)28-20(2)27-10-5-4-7-25(27)18-30-28/h4-5,7,10-18H,3,6,8-9,19H2,1-2H3. The van der Waals surface area contributed by atoms with Gasteiger partial charge in [0, 0.05) is 17.1 Å². The highest BCUT2D eigenvalue weighted by Crippen LogP contribution is 2.32. The molecule has 6 nitrogen and oxygen atoms in total. The molecule has 7 heteroatoms. The molecule has 0 N–H and O–H groups in total. The average Bonchev–Trinajstić information content (AvgIpc) is 3.36. The summed E-state index contributed by atoms with van der Waals surface area (Å²) in [6.45, 7) is 4.04. The Kier molecular flexibility index (Phi) is 6.49. The van der Waals surface area contributed by atoms with E-state index in [1.165, 1.54) is 39.7 Å². The fraction of sp³-hybridized carbons (Fsp3) is 0.241. The Morgan fingerprint density at radius 3 is 2.53 bits per heavy atom. The maximum Gasteiger partial charge on any atom is 0.338 e. The van der Waals surface area contributed by atoms with E-state index in [2.05, 4.69) is 17.1 Å². The second-order valence-electron chi connectivity index (χ2n) is 9.01. The van der Waals surface area contributed by atoms with Gasteiger partial charge in [-0.2, -0.15) is 0 Å². The summed E-state index contributed by atoms with van der Waals surface area (Å²) in [7, 11) is -3.99. The molecule has 1 aliphatic rings. The molecule has 5 rings (SSSR count). The number of aryl methyl sites for hydroxylation is 3. The smallest absolute Gasteiger partial charge is 0.338 e. The van der Waals surface area contributed by atoms with E-state index < -0.39 is 16.0 Å². The van der Waals surface area contributed by atoms with E-state index in [-0.39, 0.29) is 18.0 Å². The maximum absolute atomic E-state index is 14.0. The van der Waals surface area contributed by atoms with Crippen LogP contribution >= 0.6 is 0 Å². The molecule has 1 heterocycles. The van der Waals surface area contributed by atoms with Crippen LogP contribution in [-0.4, -0.2) is 26.0 Å². The van der Waals surface area contributed by atoms with E-state index >= 15 is 0 Å². The SMILES string of the molecule is CCOC(=O)c1ccc(S(=O)(=O)N(Cc2ccc3c(c2)CCC3)c2ncc3ccccc3c2C)cc1. The van der Waals surface area contributed by atoms with Crippen LogP contribution in [0.5, 0.6) is 0 Å². The van der Waals surface area contributed by atoms with E-state index in [0.29, 0.717) is 11.4 Å². The number of carbonyl (C=O) groups excluding carboxylic acids is 1. The predicted molar refractivity (Wildman–Crippen MR) is 141 cm³/mol. The van der Waals surface area contributed by atoms with Crippen LogP contribution < -0.4 is 4.31 Å². The number of hydrogen-bond acceptors (Lipinski definition) is 5. The van der Waals surface area contributed by atoms with Crippen molar-refractivity contribution in [2.45, 2.75) is 44.6 Å². The molecule has 0 bridgehead atoms. The average molecular weight is 501 g/mol. The number of fused-ring (bicyclic) bond motifs is 2. The van der Waals surface area contributed by atoms with Crippen molar-refractivity contribution in [3.8, 4) is 0 Å². The number of aromatic nitrogens is 1. The van der Waals surface area contributed by atoms with Gasteiger partial charge in [0.2, 0.25) is 0 Å². The van der Waals surface area contributed by atoms with Gasteiger partial charge in [0.25, 0.3) is 10.0 Å². The van der Waals surface area contributed by atoms with Crippen LogP contribution in [0.15, 0.2) is 77.8 Å². The highest BCUT2D eigenvalue weighted by Gasteiger charge is 2.29. The lowest BCUT2D eigenvalue weighted by Crippen LogP contribution is -2.32. The molecule has 1 aromatic heterocycles.